The van der Waals surface area contributed by atoms with E-state index in [1.165, 1.54) is 17.0 Å². The summed E-state index contributed by atoms with van der Waals surface area (Å²) in [7, 11) is 3.66. The van der Waals surface area contributed by atoms with Crippen molar-refractivity contribution >= 4 is 23.5 Å². The van der Waals surface area contributed by atoms with Crippen molar-refractivity contribution in [3.63, 3.8) is 0 Å². The van der Waals surface area contributed by atoms with E-state index in [1.54, 1.807) is 13.1 Å². The Balaban J connectivity index is 1.13. The number of aliphatic imine (C=N–C) groups is 1. The molecule has 1 saturated heterocycles. The Kier molecular flexibility index (Phi) is 6.77. The number of carbonyl (C=O) groups excluding carboxylic acids is 2. The number of likely N-dealkylation sites (tertiary alicyclic amines) is 1. The van der Waals surface area contributed by atoms with Crippen molar-refractivity contribution < 1.29 is 14.0 Å². The lowest BCUT2D eigenvalue weighted by molar-refractivity contribution is -0.140. The number of amides is 2. The fourth-order valence-electron chi connectivity index (χ4n) is 5.21. The predicted octanol–water partition coefficient (Wildman–Crippen LogP) is 2.01. The summed E-state index contributed by atoms with van der Waals surface area (Å²) in [5.41, 5.74) is 0.853. The SMILES string of the molecule is CN=C(NCCCN1C(=O)C2C3C=CC(C3)C2C1=O)NCCCN(C)c1cccc(F)c1. The fourth-order valence-corrected chi connectivity index (χ4v) is 5.21. The highest BCUT2D eigenvalue weighted by atomic mass is 19.1. The van der Waals surface area contributed by atoms with Crippen molar-refractivity contribution in [2.24, 2.45) is 28.7 Å². The first-order valence-corrected chi connectivity index (χ1v) is 11.4. The number of hydrogen-bond donors (Lipinski definition) is 2. The monoisotopic (exact) mass is 441 g/mol. The molecule has 8 heteroatoms. The molecule has 1 aliphatic heterocycles. The van der Waals surface area contributed by atoms with Gasteiger partial charge < -0.3 is 15.5 Å². The third-order valence-corrected chi connectivity index (χ3v) is 6.85. The van der Waals surface area contributed by atoms with Gasteiger partial charge in [-0.3, -0.25) is 19.5 Å². The molecule has 2 N–H and O–H groups in total. The van der Waals surface area contributed by atoms with Crippen LogP contribution in [0.4, 0.5) is 10.1 Å². The molecule has 1 saturated carbocycles. The molecule has 2 amide bonds. The fraction of sp³-hybridized carbons (Fsp3) is 0.542. The molecule has 1 aromatic carbocycles. The van der Waals surface area contributed by atoms with Crippen LogP contribution in [0.25, 0.3) is 0 Å². The van der Waals surface area contributed by atoms with Crippen LogP contribution < -0.4 is 15.5 Å². The van der Waals surface area contributed by atoms with E-state index in [0.717, 1.165) is 31.6 Å². The van der Waals surface area contributed by atoms with Crippen LogP contribution in [0.15, 0.2) is 41.4 Å². The molecule has 0 aromatic heterocycles. The van der Waals surface area contributed by atoms with Crippen LogP contribution in [0, 0.1) is 29.5 Å². The Morgan fingerprint density at radius 3 is 2.41 bits per heavy atom. The summed E-state index contributed by atoms with van der Waals surface area (Å²) < 4.78 is 13.3. The van der Waals surface area contributed by atoms with Gasteiger partial charge in [0.1, 0.15) is 5.82 Å². The van der Waals surface area contributed by atoms with Crippen molar-refractivity contribution in [3.8, 4) is 0 Å². The standard InChI is InChI=1S/C24H32FN5O2/c1-26-24(27-10-4-12-29(2)19-7-3-6-18(25)15-19)28-11-5-13-30-22(31)20-16-8-9-17(14-16)21(20)23(30)32/h3,6-9,15-17,20-21H,4-5,10-14H2,1-2H3,(H2,26,27,28). The maximum Gasteiger partial charge on any atom is 0.233 e. The Morgan fingerprint density at radius 2 is 1.78 bits per heavy atom. The Labute approximate surface area is 188 Å². The average molecular weight is 442 g/mol. The quantitative estimate of drug-likeness (QED) is 0.202. The third kappa shape index (κ3) is 4.49. The minimum absolute atomic E-state index is 0.0155. The van der Waals surface area contributed by atoms with Crippen LogP contribution in [0.2, 0.25) is 0 Å². The molecule has 1 heterocycles. The summed E-state index contributed by atoms with van der Waals surface area (Å²) >= 11 is 0. The lowest BCUT2D eigenvalue weighted by atomic mass is 9.85. The topological polar surface area (TPSA) is 77.0 Å². The number of hydrogen-bond acceptors (Lipinski definition) is 4. The lowest BCUT2D eigenvalue weighted by Crippen LogP contribution is -2.40. The molecule has 0 spiro atoms. The zero-order chi connectivity index (χ0) is 22.7. The van der Waals surface area contributed by atoms with Crippen LogP contribution in [0.5, 0.6) is 0 Å². The second-order valence-electron chi connectivity index (χ2n) is 8.86. The van der Waals surface area contributed by atoms with Crippen LogP contribution in [-0.2, 0) is 9.59 Å². The van der Waals surface area contributed by atoms with E-state index in [9.17, 15) is 14.0 Å². The molecule has 2 bridgehead atoms. The minimum atomic E-state index is -0.235. The van der Waals surface area contributed by atoms with Crippen molar-refractivity contribution in [1.29, 1.82) is 0 Å². The summed E-state index contributed by atoms with van der Waals surface area (Å²) in [5, 5.41) is 6.51. The van der Waals surface area contributed by atoms with Gasteiger partial charge in [0, 0.05) is 46.0 Å². The van der Waals surface area contributed by atoms with Crippen molar-refractivity contribution in [1.82, 2.24) is 15.5 Å². The second-order valence-corrected chi connectivity index (χ2v) is 8.86. The van der Waals surface area contributed by atoms with E-state index >= 15 is 0 Å². The molecule has 4 rings (SSSR count). The van der Waals surface area contributed by atoms with Crippen LogP contribution >= 0.6 is 0 Å². The molecule has 3 aliphatic rings. The number of halogens is 1. The van der Waals surface area contributed by atoms with Gasteiger partial charge in [-0.05, 0) is 49.3 Å². The number of rotatable bonds is 9. The van der Waals surface area contributed by atoms with E-state index in [-0.39, 0.29) is 41.3 Å². The molecule has 32 heavy (non-hydrogen) atoms. The number of nitrogens with one attached hydrogen (secondary N) is 2. The molecular weight excluding hydrogens is 409 g/mol. The Hall–Kier alpha value is -2.90. The van der Waals surface area contributed by atoms with Gasteiger partial charge in [-0.25, -0.2) is 4.39 Å². The van der Waals surface area contributed by atoms with Gasteiger partial charge in [0.15, 0.2) is 5.96 Å². The van der Waals surface area contributed by atoms with E-state index < -0.39 is 0 Å². The summed E-state index contributed by atoms with van der Waals surface area (Å²) in [6, 6.07) is 6.57. The Morgan fingerprint density at radius 1 is 1.12 bits per heavy atom. The Bertz CT molecular complexity index is 887. The number of guanidine groups is 1. The zero-order valence-corrected chi connectivity index (χ0v) is 18.8. The molecule has 7 nitrogen and oxygen atoms in total. The van der Waals surface area contributed by atoms with E-state index in [4.69, 9.17) is 0 Å². The molecule has 4 atom stereocenters. The second kappa shape index (κ2) is 9.71. The van der Waals surface area contributed by atoms with E-state index in [0.29, 0.717) is 25.5 Å². The first-order chi connectivity index (χ1) is 15.5. The number of anilines is 1. The maximum atomic E-state index is 13.3. The molecular formula is C24H32FN5O2. The lowest BCUT2D eigenvalue weighted by Gasteiger charge is -2.20. The van der Waals surface area contributed by atoms with Crippen molar-refractivity contribution in [2.45, 2.75) is 19.3 Å². The molecule has 4 unspecified atom stereocenters. The van der Waals surface area contributed by atoms with Gasteiger partial charge in [-0.2, -0.15) is 0 Å². The third-order valence-electron chi connectivity index (χ3n) is 6.85. The van der Waals surface area contributed by atoms with Crippen LogP contribution in [-0.4, -0.2) is 62.9 Å². The van der Waals surface area contributed by atoms with E-state index in [2.05, 4.69) is 27.8 Å². The number of carbonyl (C=O) groups is 2. The molecule has 1 aromatic rings. The van der Waals surface area contributed by atoms with Gasteiger partial charge in [-0.1, -0.05) is 18.2 Å². The van der Waals surface area contributed by atoms with Crippen LogP contribution in [0.1, 0.15) is 19.3 Å². The van der Waals surface area contributed by atoms with Crippen LogP contribution in [0.3, 0.4) is 0 Å². The summed E-state index contributed by atoms with van der Waals surface area (Å²) in [6.07, 6.45) is 6.75. The van der Waals surface area contributed by atoms with Crippen molar-refractivity contribution in [2.75, 3.05) is 45.2 Å². The zero-order valence-electron chi connectivity index (χ0n) is 18.8. The largest absolute Gasteiger partial charge is 0.374 e. The molecule has 2 fully saturated rings. The normalized spacial score (nSPS) is 26.1. The number of fused-ring (bicyclic) bond motifs is 5. The summed E-state index contributed by atoms with van der Waals surface area (Å²) in [5.74, 6) is 0.762. The molecule has 2 aliphatic carbocycles. The first-order valence-electron chi connectivity index (χ1n) is 11.4. The highest BCUT2D eigenvalue weighted by molar-refractivity contribution is 6.06. The number of nitrogens with zero attached hydrogens (tertiary/aromatic N) is 3. The summed E-state index contributed by atoms with van der Waals surface area (Å²) in [4.78, 5) is 33.1. The maximum absolute atomic E-state index is 13.3. The molecule has 172 valence electrons. The van der Waals surface area contributed by atoms with Gasteiger partial charge in [0.2, 0.25) is 11.8 Å². The van der Waals surface area contributed by atoms with Gasteiger partial charge in [0.25, 0.3) is 0 Å². The van der Waals surface area contributed by atoms with Gasteiger partial charge in [0.05, 0.1) is 11.8 Å². The van der Waals surface area contributed by atoms with Gasteiger partial charge >= 0.3 is 0 Å². The van der Waals surface area contributed by atoms with Crippen molar-refractivity contribution in [3.05, 3.63) is 42.2 Å². The average Bonchev–Trinajstić information content (AvgIpc) is 3.47. The summed E-state index contributed by atoms with van der Waals surface area (Å²) in [6.45, 7) is 2.58. The highest BCUT2D eigenvalue weighted by Crippen LogP contribution is 2.52. The van der Waals surface area contributed by atoms with E-state index in [1.807, 2.05) is 18.0 Å². The molecule has 0 radical (unpaired) electrons. The smallest absolute Gasteiger partial charge is 0.233 e. The predicted molar refractivity (Wildman–Crippen MR) is 123 cm³/mol. The first kappa shape index (κ1) is 22.3. The number of imide groups is 1. The minimum Gasteiger partial charge on any atom is -0.374 e. The highest BCUT2D eigenvalue weighted by Gasteiger charge is 2.58. The van der Waals surface area contributed by atoms with Gasteiger partial charge in [-0.15, -0.1) is 0 Å². The number of benzene rings is 1. The number of allylic oxidation sites excluding steroid dienone is 2.